The molecule has 0 bridgehead atoms. The van der Waals surface area contributed by atoms with Gasteiger partial charge in [-0.2, -0.15) is 0 Å². The van der Waals surface area contributed by atoms with Gasteiger partial charge in [-0.15, -0.1) is 0 Å². The summed E-state index contributed by atoms with van der Waals surface area (Å²) in [6, 6.07) is 3.24. The first kappa shape index (κ1) is 95.4. The fraction of sp³-hybridized carbons (Fsp3) is 0.843. The number of methoxy groups -OCH3 is 1. The average Bonchev–Trinajstić information content (AvgIpc) is 0.788. The van der Waals surface area contributed by atoms with Crippen molar-refractivity contribution in [3.05, 3.63) is 23.3 Å². The first-order chi connectivity index (χ1) is 44.6. The summed E-state index contributed by atoms with van der Waals surface area (Å²) in [7, 11) is -8.90. The Kier molecular flexibility index (Phi) is 61.3. The molecule has 4 atom stereocenters. The number of esters is 4. The molecule has 4 unspecified atom stereocenters. The molecular formula is C70H124Na2O21P2. The minimum atomic E-state index is -5.20. The number of fused-ring (bicyclic) bond motifs is 1. The zero-order valence-corrected chi connectivity index (χ0v) is 66.2. The summed E-state index contributed by atoms with van der Waals surface area (Å²) in [6.45, 7) is 8.41. The quantitative estimate of drug-likeness (QED) is 0.0201. The van der Waals surface area contributed by atoms with Crippen molar-refractivity contribution in [3.63, 3.8) is 0 Å². The minimum absolute atomic E-state index is 0. The van der Waals surface area contributed by atoms with Crippen LogP contribution < -0.4 is 78.4 Å². The number of aliphatic hydroxyl groups is 1. The number of unbranched alkanes of at least 4 members (excludes halogenated alkanes) is 32. The van der Waals surface area contributed by atoms with E-state index in [4.69, 9.17) is 51.6 Å². The SMILES string of the molecule is CCCCCCCCCCCC(=O)OCC(COP(=O)([O-])OCC(O)COP(=O)([O-])OCC(COC(=O)CCCCCCCCCCC)OC(=O)CCCCCCCCCCC)OC(=O)CCCCCCCCCCC.COc1c(C(=O)O)ccc2c1CCC(C)(C)O2.[Na+].[Na+]. The van der Waals surface area contributed by atoms with E-state index in [2.05, 4.69) is 27.7 Å². The Morgan fingerprint density at radius 3 is 1.07 bits per heavy atom. The molecule has 1 aromatic rings. The Labute approximate surface area is 616 Å². The van der Waals surface area contributed by atoms with Crippen molar-refractivity contribution in [2.75, 3.05) is 46.8 Å². The molecule has 0 aliphatic carbocycles. The van der Waals surface area contributed by atoms with Crippen LogP contribution in [0.15, 0.2) is 12.1 Å². The number of phosphoric acid groups is 2. The molecule has 0 radical (unpaired) electrons. The normalized spacial score (nSPS) is 14.5. The van der Waals surface area contributed by atoms with E-state index in [0.29, 0.717) is 31.4 Å². The molecule has 1 aliphatic rings. The van der Waals surface area contributed by atoms with E-state index in [-0.39, 0.29) is 96.0 Å². The molecule has 95 heavy (non-hydrogen) atoms. The molecule has 2 N–H and O–H groups in total. The number of carbonyl (C=O) groups excluding carboxylic acids is 4. The third-order valence-corrected chi connectivity index (χ3v) is 18.0. The van der Waals surface area contributed by atoms with Gasteiger partial charge in [0.1, 0.15) is 42.0 Å². The Morgan fingerprint density at radius 1 is 0.474 bits per heavy atom. The first-order valence-corrected chi connectivity index (χ1v) is 38.7. The van der Waals surface area contributed by atoms with Gasteiger partial charge in [-0.05, 0) is 64.5 Å². The standard InChI is InChI=1S/C57H110O17P2.C13H16O4.2Na/c1-5-9-13-17-21-25-29-33-37-41-54(59)67-47-52(73-56(61)43-39-35-31-27-23-19-15-11-7-3)49-71-75(63,64)69-45-51(58)46-70-76(65,66)72-50-53(74-57(62)44-40-36-32-28-24-20-16-12-8-4)48-68-55(60)42-38-34-30-26-22-18-14-10-6-2;1-13(2)7-6-8-10(17-13)5-4-9(12(14)15)11(8)16-3;;/h51-53,58H,5-50H2,1-4H3,(H,63,64)(H,65,66);4-5H,6-7H2,1-3H3,(H,14,15);;/q;;2*+1/p-2. The molecule has 0 saturated heterocycles. The van der Waals surface area contributed by atoms with E-state index >= 15 is 0 Å². The maximum Gasteiger partial charge on any atom is 1.00 e. The fourth-order valence-electron chi connectivity index (χ4n) is 10.5. The number of ether oxygens (including phenoxy) is 6. The summed E-state index contributed by atoms with van der Waals surface area (Å²) in [5, 5.41) is 19.5. The maximum absolute atomic E-state index is 12.8. The van der Waals surface area contributed by atoms with Gasteiger partial charge >= 0.3 is 89.0 Å². The number of carbonyl (C=O) groups is 5. The Bertz CT molecular complexity index is 2120. The maximum atomic E-state index is 12.8. The molecular weight excluding hydrogens is 1280 g/mol. The third-order valence-electron chi connectivity index (χ3n) is 16.1. The topological polar surface area (TPSA) is 298 Å². The summed E-state index contributed by atoms with van der Waals surface area (Å²) in [5.41, 5.74) is 0.837. The predicted molar refractivity (Wildman–Crippen MR) is 357 cm³/mol. The van der Waals surface area contributed by atoms with E-state index < -0.39 is 103 Å². The molecule has 25 heteroatoms. The molecule has 21 nitrogen and oxygen atoms in total. The van der Waals surface area contributed by atoms with Crippen LogP contribution in [-0.2, 0) is 71.8 Å². The minimum Gasteiger partial charge on any atom is -0.756 e. The van der Waals surface area contributed by atoms with Crippen LogP contribution >= 0.6 is 15.6 Å². The van der Waals surface area contributed by atoms with E-state index in [9.17, 15) is 48.0 Å². The van der Waals surface area contributed by atoms with Crippen LogP contribution in [0.3, 0.4) is 0 Å². The van der Waals surface area contributed by atoms with Crippen LogP contribution in [0.2, 0.25) is 0 Å². The van der Waals surface area contributed by atoms with Crippen molar-refractivity contribution in [2.24, 2.45) is 0 Å². The van der Waals surface area contributed by atoms with Gasteiger partial charge in [0.05, 0.1) is 33.5 Å². The van der Waals surface area contributed by atoms with Crippen LogP contribution in [0.4, 0.5) is 0 Å². The zero-order valence-electron chi connectivity index (χ0n) is 60.4. The molecule has 1 aromatic carbocycles. The van der Waals surface area contributed by atoms with Crippen LogP contribution in [0.1, 0.15) is 321 Å². The largest absolute Gasteiger partial charge is 1.00 e. The van der Waals surface area contributed by atoms with E-state index in [0.717, 1.165) is 127 Å². The van der Waals surface area contributed by atoms with Crippen LogP contribution in [-0.4, -0.2) is 111 Å². The Morgan fingerprint density at radius 2 is 0.768 bits per heavy atom. The molecule has 1 heterocycles. The molecule has 0 spiro atoms. The predicted octanol–water partition coefficient (Wildman–Crippen LogP) is 10.4. The van der Waals surface area contributed by atoms with Gasteiger partial charge in [-0.1, -0.05) is 233 Å². The number of carboxylic acid groups (broad SMARTS) is 1. The molecule has 0 fully saturated rings. The first-order valence-electron chi connectivity index (χ1n) is 35.8. The van der Waals surface area contributed by atoms with E-state index in [1.807, 2.05) is 13.8 Å². The smallest absolute Gasteiger partial charge is 0.756 e. The second-order valence-corrected chi connectivity index (χ2v) is 28.2. The third kappa shape index (κ3) is 53.8. The van der Waals surface area contributed by atoms with Gasteiger partial charge in [0.15, 0.2) is 12.2 Å². The van der Waals surface area contributed by atoms with Gasteiger partial charge in [-0.25, -0.2) is 4.79 Å². The number of carboxylic acids is 1. The average molecular weight is 1410 g/mol. The van der Waals surface area contributed by atoms with Gasteiger partial charge < -0.3 is 66.5 Å². The summed E-state index contributed by atoms with van der Waals surface area (Å²) >= 11 is 0. The monoisotopic (exact) mass is 1410 g/mol. The number of aliphatic hydroxyl groups excluding tert-OH is 1. The van der Waals surface area contributed by atoms with Gasteiger partial charge in [0.25, 0.3) is 15.6 Å². The van der Waals surface area contributed by atoms with Gasteiger partial charge in [-0.3, -0.25) is 28.3 Å². The molecule has 1 aliphatic heterocycles. The number of rotatable bonds is 60. The molecule has 0 amide bonds. The fourth-order valence-corrected chi connectivity index (χ4v) is 12.1. The van der Waals surface area contributed by atoms with Crippen LogP contribution in [0.25, 0.3) is 0 Å². The molecule has 542 valence electrons. The van der Waals surface area contributed by atoms with Crippen LogP contribution in [0.5, 0.6) is 11.5 Å². The molecule has 0 saturated carbocycles. The van der Waals surface area contributed by atoms with Crippen LogP contribution in [0, 0.1) is 0 Å². The Hall–Kier alpha value is -1.65. The number of hydrogen-bond donors (Lipinski definition) is 2. The van der Waals surface area contributed by atoms with Gasteiger partial charge in [0, 0.05) is 31.2 Å². The van der Waals surface area contributed by atoms with Crippen molar-refractivity contribution in [1.29, 1.82) is 0 Å². The van der Waals surface area contributed by atoms with Crippen molar-refractivity contribution in [2.45, 2.75) is 335 Å². The number of hydrogen-bond acceptors (Lipinski definition) is 20. The van der Waals surface area contributed by atoms with E-state index in [1.165, 1.54) is 116 Å². The second kappa shape index (κ2) is 61.1. The summed E-state index contributed by atoms with van der Waals surface area (Å²) in [4.78, 5) is 87.3. The number of benzene rings is 1. The Balaban J connectivity index is 0. The summed E-state index contributed by atoms with van der Waals surface area (Å²) < 4.78 is 77.7. The second-order valence-electron chi connectivity index (χ2n) is 25.4. The van der Waals surface area contributed by atoms with Crippen molar-refractivity contribution in [1.82, 2.24) is 0 Å². The number of aromatic carboxylic acids is 1. The number of phosphoric ester groups is 2. The zero-order chi connectivity index (χ0) is 68.9. The van der Waals surface area contributed by atoms with Gasteiger partial charge in [0.2, 0.25) is 0 Å². The van der Waals surface area contributed by atoms with Crippen molar-refractivity contribution in [3.8, 4) is 11.5 Å². The molecule has 2 rings (SSSR count). The summed E-state index contributed by atoms with van der Waals surface area (Å²) in [5.74, 6) is -2.07. The van der Waals surface area contributed by atoms with Crippen molar-refractivity contribution < 1.29 is 159 Å². The van der Waals surface area contributed by atoms with Crippen molar-refractivity contribution >= 4 is 45.5 Å². The summed E-state index contributed by atoms with van der Waals surface area (Å²) in [6.07, 6.45) is 35.8. The van der Waals surface area contributed by atoms with E-state index in [1.54, 1.807) is 6.07 Å². The molecule has 0 aromatic heterocycles.